The van der Waals surface area contributed by atoms with Crippen molar-refractivity contribution in [2.45, 2.75) is 45.6 Å². The van der Waals surface area contributed by atoms with Crippen LogP contribution in [0, 0.1) is 18.3 Å². The van der Waals surface area contributed by atoms with Gasteiger partial charge in [0.05, 0.1) is 28.6 Å². The number of hydrogen-bond acceptors (Lipinski definition) is 4. The summed E-state index contributed by atoms with van der Waals surface area (Å²) in [6.07, 6.45) is 0. The van der Waals surface area contributed by atoms with Crippen molar-refractivity contribution in [1.29, 1.82) is 5.26 Å². The lowest BCUT2D eigenvalue weighted by Gasteiger charge is -2.43. The zero-order valence-corrected chi connectivity index (χ0v) is 17.2. The van der Waals surface area contributed by atoms with Crippen molar-refractivity contribution >= 4 is 23.1 Å². The number of fused-ring (bicyclic) bond motifs is 1. The number of nitriles is 1. The van der Waals surface area contributed by atoms with Crippen LogP contribution in [0.3, 0.4) is 0 Å². The van der Waals surface area contributed by atoms with Crippen molar-refractivity contribution < 1.29 is 9.53 Å². The van der Waals surface area contributed by atoms with Crippen LogP contribution >= 0.6 is 11.6 Å². The molecule has 0 bridgehead atoms. The number of rotatable bonds is 2. The van der Waals surface area contributed by atoms with Crippen LogP contribution in [0.1, 0.15) is 44.4 Å². The van der Waals surface area contributed by atoms with Gasteiger partial charge in [-0.1, -0.05) is 23.7 Å². The van der Waals surface area contributed by atoms with Crippen molar-refractivity contribution in [1.82, 2.24) is 0 Å². The molecule has 4 nitrogen and oxygen atoms in total. The molecule has 0 aliphatic carbocycles. The highest BCUT2D eigenvalue weighted by Crippen LogP contribution is 2.50. The molecule has 0 amide bonds. The second-order valence-electron chi connectivity index (χ2n) is 8.01. The van der Waals surface area contributed by atoms with Crippen LogP contribution in [0.25, 0.3) is 11.1 Å². The van der Waals surface area contributed by atoms with E-state index in [2.05, 4.69) is 11.4 Å². The predicted octanol–water partition coefficient (Wildman–Crippen LogP) is 5.25. The van der Waals surface area contributed by atoms with Gasteiger partial charge >= 0.3 is 0 Å². The number of nitrogens with one attached hydrogen (secondary N) is 1. The second kappa shape index (κ2) is 6.28. The van der Waals surface area contributed by atoms with E-state index >= 15 is 0 Å². The fourth-order valence-electron chi connectivity index (χ4n) is 4.06. The number of carbonyl (C=O) groups is 1. The maximum Gasteiger partial charge on any atom is 0.167 e. The normalized spacial score (nSPS) is 16.9. The summed E-state index contributed by atoms with van der Waals surface area (Å²) in [6.45, 7) is 9.60. The van der Waals surface area contributed by atoms with Crippen LogP contribution < -0.4 is 10.1 Å². The van der Waals surface area contributed by atoms with Crippen molar-refractivity contribution in [3.63, 3.8) is 0 Å². The van der Waals surface area contributed by atoms with E-state index < -0.39 is 11.0 Å². The van der Waals surface area contributed by atoms with Gasteiger partial charge in [0.15, 0.2) is 5.78 Å². The molecule has 0 unspecified atom stereocenters. The third-order valence-corrected chi connectivity index (χ3v) is 5.68. The number of aryl methyl sites for hydroxylation is 1. The summed E-state index contributed by atoms with van der Waals surface area (Å²) in [5.74, 6) is 0.563. The number of hydrogen-bond donors (Lipinski definition) is 1. The van der Waals surface area contributed by atoms with Crippen molar-refractivity contribution in [3.05, 3.63) is 46.0 Å². The Labute approximate surface area is 165 Å². The Hall–Kier alpha value is -2.51. The summed E-state index contributed by atoms with van der Waals surface area (Å²) in [5.41, 5.74) is 3.18. The minimum Gasteiger partial charge on any atom is -0.495 e. The molecule has 140 valence electrons. The number of ketones is 1. The van der Waals surface area contributed by atoms with Crippen molar-refractivity contribution in [2.75, 3.05) is 12.4 Å². The fraction of sp³-hybridized carbons (Fsp3) is 0.364. The Balaban J connectivity index is 2.37. The first-order valence-corrected chi connectivity index (χ1v) is 9.18. The SMILES string of the molecule is COc1c(C#N)cccc1-c1cc(C)c2c(c1Cl)C(C)(C)C(=O)C(C)(C)N2. The van der Waals surface area contributed by atoms with E-state index in [4.69, 9.17) is 16.3 Å². The van der Waals surface area contributed by atoms with E-state index in [-0.39, 0.29) is 5.78 Å². The molecule has 1 aliphatic heterocycles. The van der Waals surface area contributed by atoms with Crippen LogP contribution in [0.5, 0.6) is 5.75 Å². The molecule has 0 radical (unpaired) electrons. The quantitative estimate of drug-likeness (QED) is 0.770. The van der Waals surface area contributed by atoms with Gasteiger partial charge in [-0.15, -0.1) is 0 Å². The average Bonchev–Trinajstić information content (AvgIpc) is 2.61. The molecular formula is C22H23ClN2O2. The molecule has 0 saturated carbocycles. The topological polar surface area (TPSA) is 62.1 Å². The van der Waals surface area contributed by atoms with Gasteiger partial charge in [0.1, 0.15) is 11.8 Å². The Morgan fingerprint density at radius 2 is 1.85 bits per heavy atom. The highest BCUT2D eigenvalue weighted by atomic mass is 35.5. The molecule has 5 heteroatoms. The Morgan fingerprint density at radius 1 is 1.19 bits per heavy atom. The van der Waals surface area contributed by atoms with Crippen molar-refractivity contribution in [2.24, 2.45) is 0 Å². The number of halogens is 1. The number of methoxy groups -OCH3 is 1. The highest BCUT2D eigenvalue weighted by Gasteiger charge is 2.47. The minimum absolute atomic E-state index is 0.0821. The lowest BCUT2D eigenvalue weighted by molar-refractivity contribution is -0.127. The van der Waals surface area contributed by atoms with Gasteiger partial charge in [0.25, 0.3) is 0 Å². The first-order valence-electron chi connectivity index (χ1n) is 8.80. The Bertz CT molecular complexity index is 1000. The number of nitrogens with zero attached hydrogens (tertiary/aromatic N) is 1. The molecule has 0 aromatic heterocycles. The molecule has 1 N–H and O–H groups in total. The molecule has 2 aromatic rings. The summed E-state index contributed by atoms with van der Waals surface area (Å²) in [7, 11) is 1.54. The molecule has 1 heterocycles. The summed E-state index contributed by atoms with van der Waals surface area (Å²) in [5, 5.41) is 13.3. The maximum absolute atomic E-state index is 13.1. The van der Waals surface area contributed by atoms with Crippen LogP contribution in [0.4, 0.5) is 5.69 Å². The third-order valence-electron chi connectivity index (χ3n) is 5.29. The minimum atomic E-state index is -0.748. The van der Waals surface area contributed by atoms with Crippen LogP contribution in [0.15, 0.2) is 24.3 Å². The molecule has 1 aliphatic rings. The first kappa shape index (κ1) is 19.3. The summed E-state index contributed by atoms with van der Waals surface area (Å²) in [6, 6.07) is 9.52. The monoisotopic (exact) mass is 382 g/mol. The molecule has 2 aromatic carbocycles. The van der Waals surface area contributed by atoms with Gasteiger partial charge in [0.2, 0.25) is 0 Å². The van der Waals surface area contributed by atoms with E-state index in [1.54, 1.807) is 12.1 Å². The molecule has 0 atom stereocenters. The van der Waals surface area contributed by atoms with Gasteiger partial charge in [-0.25, -0.2) is 0 Å². The van der Waals surface area contributed by atoms with Gasteiger partial charge < -0.3 is 10.1 Å². The molecule has 0 saturated heterocycles. The third kappa shape index (κ3) is 2.78. The van der Waals surface area contributed by atoms with E-state index in [0.717, 1.165) is 27.9 Å². The number of carbonyl (C=O) groups excluding carboxylic acids is 1. The summed E-state index contributed by atoms with van der Waals surface area (Å²) < 4.78 is 5.50. The van der Waals surface area contributed by atoms with Gasteiger partial charge in [-0.3, -0.25) is 4.79 Å². The number of ether oxygens (including phenoxy) is 1. The fourth-order valence-corrected chi connectivity index (χ4v) is 4.55. The number of Topliss-reactive ketones (excluding diaryl/α,β-unsaturated/α-hetero) is 1. The maximum atomic E-state index is 13.1. The Kier molecular flexibility index (Phi) is 4.48. The van der Waals surface area contributed by atoms with Gasteiger partial charge in [-0.05, 0) is 52.3 Å². The number of anilines is 1. The zero-order valence-electron chi connectivity index (χ0n) is 16.5. The average molecular weight is 383 g/mol. The first-order chi connectivity index (χ1) is 12.6. The highest BCUT2D eigenvalue weighted by molar-refractivity contribution is 6.35. The Morgan fingerprint density at radius 3 is 2.44 bits per heavy atom. The lowest BCUT2D eigenvalue weighted by Crippen LogP contribution is -2.53. The smallest absolute Gasteiger partial charge is 0.167 e. The van der Waals surface area contributed by atoms with Gasteiger partial charge in [0, 0.05) is 22.4 Å². The zero-order chi connectivity index (χ0) is 20.1. The van der Waals surface area contributed by atoms with Crippen LogP contribution in [-0.4, -0.2) is 18.4 Å². The molecule has 0 fully saturated rings. The number of benzene rings is 2. The van der Waals surface area contributed by atoms with E-state index in [9.17, 15) is 10.1 Å². The van der Waals surface area contributed by atoms with Crippen molar-refractivity contribution in [3.8, 4) is 22.9 Å². The summed E-state index contributed by atoms with van der Waals surface area (Å²) in [4.78, 5) is 13.1. The second-order valence-corrected chi connectivity index (χ2v) is 8.39. The molecule has 0 spiro atoms. The van der Waals surface area contributed by atoms with E-state index in [1.165, 1.54) is 7.11 Å². The molecule has 27 heavy (non-hydrogen) atoms. The summed E-state index contributed by atoms with van der Waals surface area (Å²) >= 11 is 6.87. The molecular weight excluding hydrogens is 360 g/mol. The molecule has 3 rings (SSSR count). The lowest BCUT2D eigenvalue weighted by atomic mass is 9.68. The predicted molar refractivity (Wildman–Crippen MR) is 109 cm³/mol. The van der Waals surface area contributed by atoms with E-state index in [0.29, 0.717) is 16.3 Å². The van der Waals surface area contributed by atoms with E-state index in [1.807, 2.05) is 46.8 Å². The van der Waals surface area contributed by atoms with Crippen LogP contribution in [0.2, 0.25) is 5.02 Å². The van der Waals surface area contributed by atoms with Crippen LogP contribution in [-0.2, 0) is 10.2 Å². The van der Waals surface area contributed by atoms with Gasteiger partial charge in [-0.2, -0.15) is 5.26 Å². The standard InChI is InChI=1S/C22H23ClN2O2/c1-12-10-15(14-9-7-8-13(11-24)19(14)27-6)17(23)16-18(12)25-22(4,5)20(26)21(16,2)3/h7-10,25H,1-6H3. The largest absolute Gasteiger partial charge is 0.495 e. The number of para-hydroxylation sites is 1.